The van der Waals surface area contributed by atoms with Gasteiger partial charge in [0.1, 0.15) is 11.3 Å². The Morgan fingerprint density at radius 1 is 1.19 bits per heavy atom. The molecule has 4 nitrogen and oxygen atoms in total. The summed E-state index contributed by atoms with van der Waals surface area (Å²) in [6, 6.07) is 14.0. The lowest BCUT2D eigenvalue weighted by Crippen LogP contribution is -2.01. The number of rotatable bonds is 5. The Kier molecular flexibility index (Phi) is 3.77. The van der Waals surface area contributed by atoms with Crippen molar-refractivity contribution in [2.45, 2.75) is 19.9 Å². The van der Waals surface area contributed by atoms with E-state index in [1.54, 1.807) is 7.11 Å². The monoisotopic (exact) mass is 282 g/mol. The van der Waals surface area contributed by atoms with Gasteiger partial charge in [-0.15, -0.1) is 0 Å². The van der Waals surface area contributed by atoms with Crippen molar-refractivity contribution in [2.75, 3.05) is 12.4 Å². The predicted octanol–water partition coefficient (Wildman–Crippen LogP) is 4.01. The largest absolute Gasteiger partial charge is 0.496 e. The number of nitrogens with zero attached hydrogens (tertiary/aromatic N) is 1. The van der Waals surface area contributed by atoms with Gasteiger partial charge in [0, 0.05) is 24.2 Å². The third-order valence-corrected chi connectivity index (χ3v) is 3.41. The van der Waals surface area contributed by atoms with Gasteiger partial charge in [-0.2, -0.15) is 0 Å². The highest BCUT2D eigenvalue weighted by Crippen LogP contribution is 2.22. The normalized spacial score (nSPS) is 10.8. The Bertz CT molecular complexity index is 749. The van der Waals surface area contributed by atoms with Gasteiger partial charge in [-0.25, -0.2) is 4.98 Å². The zero-order valence-corrected chi connectivity index (χ0v) is 12.2. The summed E-state index contributed by atoms with van der Waals surface area (Å²) in [5.41, 5.74) is 3.85. The summed E-state index contributed by atoms with van der Waals surface area (Å²) in [5, 5.41) is 3.39. The molecule has 3 rings (SSSR count). The first-order valence-corrected chi connectivity index (χ1v) is 7.05. The molecule has 0 aliphatic carbocycles. The smallest absolute Gasteiger partial charge is 0.195 e. The molecular formula is C17H18N2O2. The van der Waals surface area contributed by atoms with E-state index < -0.39 is 0 Å². The van der Waals surface area contributed by atoms with Crippen molar-refractivity contribution in [3.05, 3.63) is 53.9 Å². The van der Waals surface area contributed by atoms with E-state index in [2.05, 4.69) is 16.4 Å². The van der Waals surface area contributed by atoms with Gasteiger partial charge in [-0.05, 0) is 24.3 Å². The number of hydrogen-bond acceptors (Lipinski definition) is 4. The van der Waals surface area contributed by atoms with E-state index in [1.165, 1.54) is 0 Å². The first kappa shape index (κ1) is 13.5. The average Bonchev–Trinajstić information content (AvgIpc) is 2.95. The number of oxazole rings is 1. The molecule has 0 aliphatic heterocycles. The highest BCUT2D eigenvalue weighted by atomic mass is 16.5. The molecule has 0 unspecified atom stereocenters. The number of ether oxygens (including phenoxy) is 1. The summed E-state index contributed by atoms with van der Waals surface area (Å²) in [6.07, 6.45) is 0.804. The van der Waals surface area contributed by atoms with Crippen LogP contribution in [0.1, 0.15) is 18.4 Å². The maximum atomic E-state index is 5.61. The fraction of sp³-hybridized carbons (Fsp3) is 0.235. The van der Waals surface area contributed by atoms with Crippen LogP contribution >= 0.6 is 0 Å². The minimum Gasteiger partial charge on any atom is -0.496 e. The Hall–Kier alpha value is -2.49. The molecule has 21 heavy (non-hydrogen) atoms. The van der Waals surface area contributed by atoms with E-state index in [9.17, 15) is 0 Å². The molecule has 1 aromatic heterocycles. The molecule has 0 radical (unpaired) electrons. The number of aromatic nitrogens is 1. The highest BCUT2D eigenvalue weighted by molar-refractivity contribution is 5.77. The summed E-state index contributed by atoms with van der Waals surface area (Å²) in [4.78, 5) is 4.45. The Morgan fingerprint density at radius 3 is 2.86 bits per heavy atom. The summed E-state index contributed by atoms with van der Waals surface area (Å²) < 4.78 is 11.0. The predicted molar refractivity (Wildman–Crippen MR) is 83.7 cm³/mol. The molecular weight excluding hydrogens is 264 g/mol. The molecule has 0 spiro atoms. The van der Waals surface area contributed by atoms with E-state index in [0.29, 0.717) is 6.54 Å². The Morgan fingerprint density at radius 2 is 2.05 bits per heavy atom. The molecule has 0 amide bonds. The number of hydrogen-bond donors (Lipinski definition) is 1. The zero-order chi connectivity index (χ0) is 14.7. The third-order valence-electron chi connectivity index (χ3n) is 3.41. The van der Waals surface area contributed by atoms with Crippen molar-refractivity contribution in [1.82, 2.24) is 4.98 Å². The molecule has 0 saturated heterocycles. The van der Waals surface area contributed by atoms with Crippen LogP contribution < -0.4 is 10.1 Å². The summed E-state index contributed by atoms with van der Waals surface area (Å²) >= 11 is 0. The first-order chi connectivity index (χ1) is 10.3. The molecule has 0 bridgehead atoms. The average molecular weight is 282 g/mol. The van der Waals surface area contributed by atoms with E-state index >= 15 is 0 Å². The Balaban J connectivity index is 1.78. The van der Waals surface area contributed by atoms with Crippen molar-refractivity contribution in [3.8, 4) is 5.75 Å². The van der Waals surface area contributed by atoms with Crippen LogP contribution in [0.15, 0.2) is 46.9 Å². The maximum Gasteiger partial charge on any atom is 0.195 e. The van der Waals surface area contributed by atoms with Crippen LogP contribution in [0.5, 0.6) is 5.75 Å². The molecule has 0 saturated carbocycles. The molecule has 108 valence electrons. The van der Waals surface area contributed by atoms with E-state index in [0.717, 1.165) is 40.4 Å². The van der Waals surface area contributed by atoms with Crippen molar-refractivity contribution in [1.29, 1.82) is 0 Å². The fourth-order valence-electron chi connectivity index (χ4n) is 2.28. The molecule has 4 heteroatoms. The lowest BCUT2D eigenvalue weighted by molar-refractivity contribution is 0.410. The van der Waals surface area contributed by atoms with Gasteiger partial charge >= 0.3 is 0 Å². The summed E-state index contributed by atoms with van der Waals surface area (Å²) in [5.74, 6) is 1.66. The molecule has 1 heterocycles. The summed E-state index contributed by atoms with van der Waals surface area (Å²) in [6.45, 7) is 2.74. The van der Waals surface area contributed by atoms with Gasteiger partial charge in [-0.3, -0.25) is 0 Å². The number of fused-ring (bicyclic) bond motifs is 1. The first-order valence-electron chi connectivity index (χ1n) is 7.05. The van der Waals surface area contributed by atoms with Crippen LogP contribution in [0.4, 0.5) is 5.69 Å². The quantitative estimate of drug-likeness (QED) is 0.768. The van der Waals surface area contributed by atoms with Crippen molar-refractivity contribution in [2.24, 2.45) is 0 Å². The zero-order valence-electron chi connectivity index (χ0n) is 12.2. The van der Waals surface area contributed by atoms with Gasteiger partial charge in [0.15, 0.2) is 11.5 Å². The fourth-order valence-corrected chi connectivity index (χ4v) is 2.28. The number of anilines is 1. The standard InChI is InChI=1S/C17H18N2O2/c1-3-17-19-14-10-13(8-9-16(14)21-17)18-11-12-6-4-5-7-15(12)20-2/h4-10,18H,3,11H2,1-2H3. The number of aryl methyl sites for hydroxylation is 1. The van der Waals surface area contributed by atoms with Crippen LogP contribution in [-0.4, -0.2) is 12.1 Å². The topological polar surface area (TPSA) is 47.3 Å². The minimum absolute atomic E-state index is 0.702. The van der Waals surface area contributed by atoms with Crippen LogP contribution in [0.2, 0.25) is 0 Å². The second-order valence-corrected chi connectivity index (χ2v) is 4.81. The lowest BCUT2D eigenvalue weighted by atomic mass is 10.2. The maximum absolute atomic E-state index is 5.61. The molecule has 1 N–H and O–H groups in total. The van der Waals surface area contributed by atoms with Crippen molar-refractivity contribution < 1.29 is 9.15 Å². The van der Waals surface area contributed by atoms with Gasteiger partial charge in [0.25, 0.3) is 0 Å². The van der Waals surface area contributed by atoms with Crippen LogP contribution in [-0.2, 0) is 13.0 Å². The van der Waals surface area contributed by atoms with E-state index in [-0.39, 0.29) is 0 Å². The van der Waals surface area contributed by atoms with Crippen LogP contribution in [0.3, 0.4) is 0 Å². The van der Waals surface area contributed by atoms with Gasteiger partial charge < -0.3 is 14.5 Å². The second-order valence-electron chi connectivity index (χ2n) is 4.81. The Labute approximate surface area is 123 Å². The van der Waals surface area contributed by atoms with Gasteiger partial charge in [-0.1, -0.05) is 25.1 Å². The molecule has 0 atom stereocenters. The van der Waals surface area contributed by atoms with Gasteiger partial charge in [0.2, 0.25) is 0 Å². The van der Waals surface area contributed by atoms with Crippen molar-refractivity contribution >= 4 is 16.8 Å². The molecule has 0 fully saturated rings. The van der Waals surface area contributed by atoms with Gasteiger partial charge in [0.05, 0.1) is 7.11 Å². The van der Waals surface area contributed by atoms with E-state index in [4.69, 9.17) is 9.15 Å². The van der Waals surface area contributed by atoms with Crippen LogP contribution in [0.25, 0.3) is 11.1 Å². The second kappa shape index (κ2) is 5.87. The molecule has 2 aromatic carbocycles. The highest BCUT2D eigenvalue weighted by Gasteiger charge is 2.06. The number of nitrogens with one attached hydrogen (secondary N) is 1. The number of methoxy groups -OCH3 is 1. The van der Waals surface area contributed by atoms with Crippen LogP contribution in [0, 0.1) is 0 Å². The lowest BCUT2D eigenvalue weighted by Gasteiger charge is -2.10. The van der Waals surface area contributed by atoms with E-state index in [1.807, 2.05) is 43.3 Å². The molecule has 0 aliphatic rings. The van der Waals surface area contributed by atoms with Crippen molar-refractivity contribution in [3.63, 3.8) is 0 Å². The minimum atomic E-state index is 0.702. The third kappa shape index (κ3) is 2.84. The summed E-state index contributed by atoms with van der Waals surface area (Å²) in [7, 11) is 1.69. The molecule has 3 aromatic rings. The SMILES string of the molecule is CCc1nc2cc(NCc3ccccc3OC)ccc2o1. The number of benzene rings is 2. The number of para-hydroxylation sites is 1.